The summed E-state index contributed by atoms with van der Waals surface area (Å²) in [5, 5.41) is 3.48. The molecule has 2 aliphatic rings. The Morgan fingerprint density at radius 3 is 3.00 bits per heavy atom. The highest BCUT2D eigenvalue weighted by Gasteiger charge is 2.32. The molecule has 2 rings (SSSR count). The Labute approximate surface area is 89.6 Å². The lowest BCUT2D eigenvalue weighted by molar-refractivity contribution is -0.129. The van der Waals surface area contributed by atoms with Crippen LogP contribution in [0, 0.1) is 0 Å². The zero-order chi connectivity index (χ0) is 9.97. The summed E-state index contributed by atoms with van der Waals surface area (Å²) in [6.07, 6.45) is 2.22. The predicted octanol–water partition coefficient (Wildman–Crippen LogP) is 0.702. The topological polar surface area (TPSA) is 32.3 Å². The van der Waals surface area contributed by atoms with Crippen LogP contribution in [-0.4, -0.2) is 47.5 Å². The molecule has 3 nitrogen and oxygen atoms in total. The fraction of sp³-hybridized carbons (Fsp3) is 0.900. The molecule has 0 aromatic carbocycles. The van der Waals surface area contributed by atoms with E-state index in [2.05, 4.69) is 5.32 Å². The first-order valence-electron chi connectivity index (χ1n) is 5.44. The summed E-state index contributed by atoms with van der Waals surface area (Å²) in [7, 11) is 0. The van der Waals surface area contributed by atoms with E-state index >= 15 is 0 Å². The molecule has 2 heterocycles. The summed E-state index contributed by atoms with van der Waals surface area (Å²) in [5.74, 6) is 2.73. The average molecular weight is 214 g/mol. The van der Waals surface area contributed by atoms with Crippen LogP contribution >= 0.6 is 11.8 Å². The van der Waals surface area contributed by atoms with Gasteiger partial charge in [0.05, 0.1) is 6.04 Å². The standard InChI is InChI=1S/C10H18N2OS/c1-2-12-5-3-9(10(12)13)11-8-4-6-14-7-8/h8-9,11H,2-7H2,1H3. The number of nitrogens with zero attached hydrogens (tertiary/aromatic N) is 1. The first kappa shape index (κ1) is 10.3. The summed E-state index contributed by atoms with van der Waals surface area (Å²) in [4.78, 5) is 13.7. The van der Waals surface area contributed by atoms with Crippen LogP contribution in [0.15, 0.2) is 0 Å². The van der Waals surface area contributed by atoms with Gasteiger partial charge in [0.2, 0.25) is 5.91 Å². The van der Waals surface area contributed by atoms with Gasteiger partial charge in [-0.1, -0.05) is 0 Å². The van der Waals surface area contributed by atoms with E-state index in [0.29, 0.717) is 11.9 Å². The molecule has 2 fully saturated rings. The van der Waals surface area contributed by atoms with E-state index in [9.17, 15) is 4.79 Å². The van der Waals surface area contributed by atoms with Crippen molar-refractivity contribution < 1.29 is 4.79 Å². The summed E-state index contributed by atoms with van der Waals surface area (Å²) < 4.78 is 0. The molecular formula is C10H18N2OS. The lowest BCUT2D eigenvalue weighted by atomic mass is 10.2. The van der Waals surface area contributed by atoms with Crippen LogP contribution < -0.4 is 5.32 Å². The van der Waals surface area contributed by atoms with Crippen LogP contribution in [-0.2, 0) is 4.79 Å². The molecule has 14 heavy (non-hydrogen) atoms. The van der Waals surface area contributed by atoms with Gasteiger partial charge < -0.3 is 10.2 Å². The fourth-order valence-corrected chi connectivity index (χ4v) is 3.32. The molecule has 80 valence electrons. The lowest BCUT2D eigenvalue weighted by Crippen LogP contribution is -2.43. The smallest absolute Gasteiger partial charge is 0.239 e. The van der Waals surface area contributed by atoms with Crippen LogP contribution in [0.1, 0.15) is 19.8 Å². The Morgan fingerprint density at radius 1 is 1.57 bits per heavy atom. The van der Waals surface area contributed by atoms with Crippen molar-refractivity contribution in [2.75, 3.05) is 24.6 Å². The fourth-order valence-electron chi connectivity index (χ4n) is 2.16. The van der Waals surface area contributed by atoms with Crippen molar-refractivity contribution in [3.63, 3.8) is 0 Å². The van der Waals surface area contributed by atoms with E-state index in [-0.39, 0.29) is 6.04 Å². The number of carbonyl (C=O) groups excluding carboxylic acids is 1. The van der Waals surface area contributed by atoms with Gasteiger partial charge in [-0.25, -0.2) is 0 Å². The van der Waals surface area contributed by atoms with Crippen molar-refractivity contribution in [3.8, 4) is 0 Å². The van der Waals surface area contributed by atoms with E-state index in [1.807, 2.05) is 23.6 Å². The molecule has 4 heteroatoms. The van der Waals surface area contributed by atoms with E-state index in [0.717, 1.165) is 19.5 Å². The quantitative estimate of drug-likeness (QED) is 0.750. The van der Waals surface area contributed by atoms with Crippen LogP contribution in [0.3, 0.4) is 0 Å². The molecule has 1 amide bonds. The number of amides is 1. The number of likely N-dealkylation sites (N-methyl/N-ethyl adjacent to an activating group) is 1. The summed E-state index contributed by atoms with van der Waals surface area (Å²) in [6, 6.07) is 0.685. The Bertz CT molecular complexity index is 216. The molecule has 0 aliphatic carbocycles. The van der Waals surface area contributed by atoms with Gasteiger partial charge in [0, 0.05) is 24.9 Å². The Kier molecular flexibility index (Phi) is 3.34. The van der Waals surface area contributed by atoms with Crippen molar-refractivity contribution in [1.29, 1.82) is 0 Å². The SMILES string of the molecule is CCN1CCC(NC2CCSC2)C1=O. The second-order valence-corrected chi connectivity index (χ2v) is 5.14. The number of likely N-dealkylation sites (tertiary alicyclic amines) is 1. The highest BCUT2D eigenvalue weighted by atomic mass is 32.2. The first-order chi connectivity index (χ1) is 6.81. The minimum atomic E-state index is 0.110. The molecule has 0 aromatic heterocycles. The van der Waals surface area contributed by atoms with E-state index < -0.39 is 0 Å². The Morgan fingerprint density at radius 2 is 2.43 bits per heavy atom. The van der Waals surface area contributed by atoms with Crippen LogP contribution in [0.4, 0.5) is 0 Å². The maximum absolute atomic E-state index is 11.8. The maximum atomic E-state index is 11.8. The van der Waals surface area contributed by atoms with Gasteiger partial charge in [0.15, 0.2) is 0 Å². The molecule has 2 unspecified atom stereocenters. The third-order valence-corrected chi connectivity index (χ3v) is 4.21. The highest BCUT2D eigenvalue weighted by molar-refractivity contribution is 7.99. The number of hydrogen-bond donors (Lipinski definition) is 1. The summed E-state index contributed by atoms with van der Waals surface area (Å²) in [6.45, 7) is 3.84. The third-order valence-electron chi connectivity index (χ3n) is 3.05. The second kappa shape index (κ2) is 4.53. The van der Waals surface area contributed by atoms with Gasteiger partial charge in [-0.3, -0.25) is 4.79 Å². The second-order valence-electron chi connectivity index (χ2n) is 3.99. The number of thioether (sulfide) groups is 1. The molecule has 0 bridgehead atoms. The van der Waals surface area contributed by atoms with Crippen LogP contribution in [0.25, 0.3) is 0 Å². The minimum absolute atomic E-state index is 0.110. The van der Waals surface area contributed by atoms with Crippen LogP contribution in [0.5, 0.6) is 0 Å². The van der Waals surface area contributed by atoms with Crippen LogP contribution in [0.2, 0.25) is 0 Å². The number of hydrogen-bond acceptors (Lipinski definition) is 3. The average Bonchev–Trinajstić information content (AvgIpc) is 2.79. The van der Waals surface area contributed by atoms with Gasteiger partial charge in [-0.05, 0) is 25.5 Å². The number of rotatable bonds is 3. The first-order valence-corrected chi connectivity index (χ1v) is 6.59. The minimum Gasteiger partial charge on any atom is -0.342 e. The molecule has 0 spiro atoms. The zero-order valence-electron chi connectivity index (χ0n) is 8.66. The molecule has 0 aromatic rings. The molecule has 0 saturated carbocycles. The molecule has 0 radical (unpaired) electrons. The number of carbonyl (C=O) groups is 1. The molecule has 1 N–H and O–H groups in total. The van der Waals surface area contributed by atoms with Gasteiger partial charge in [0.25, 0.3) is 0 Å². The molecule has 2 atom stereocenters. The van der Waals surface area contributed by atoms with Crippen molar-refractivity contribution in [3.05, 3.63) is 0 Å². The van der Waals surface area contributed by atoms with Gasteiger partial charge in [0.1, 0.15) is 0 Å². The Hall–Kier alpha value is -0.220. The lowest BCUT2D eigenvalue weighted by Gasteiger charge is -2.17. The predicted molar refractivity (Wildman–Crippen MR) is 59.5 cm³/mol. The molecule has 2 saturated heterocycles. The largest absolute Gasteiger partial charge is 0.342 e. The van der Waals surface area contributed by atoms with E-state index in [1.165, 1.54) is 17.9 Å². The van der Waals surface area contributed by atoms with E-state index in [4.69, 9.17) is 0 Å². The Balaban J connectivity index is 1.84. The maximum Gasteiger partial charge on any atom is 0.239 e. The molecular weight excluding hydrogens is 196 g/mol. The normalized spacial score (nSPS) is 32.9. The third kappa shape index (κ3) is 2.06. The summed E-state index contributed by atoms with van der Waals surface area (Å²) in [5.41, 5.74) is 0. The molecule has 2 aliphatic heterocycles. The van der Waals surface area contributed by atoms with Crippen molar-refractivity contribution in [1.82, 2.24) is 10.2 Å². The monoisotopic (exact) mass is 214 g/mol. The zero-order valence-corrected chi connectivity index (χ0v) is 9.48. The van der Waals surface area contributed by atoms with Gasteiger partial charge in [-0.2, -0.15) is 11.8 Å². The van der Waals surface area contributed by atoms with Gasteiger partial charge >= 0.3 is 0 Å². The summed E-state index contributed by atoms with van der Waals surface area (Å²) >= 11 is 1.99. The van der Waals surface area contributed by atoms with Crippen molar-refractivity contribution >= 4 is 17.7 Å². The van der Waals surface area contributed by atoms with Crippen molar-refractivity contribution in [2.45, 2.75) is 31.8 Å². The number of nitrogens with one attached hydrogen (secondary N) is 1. The van der Waals surface area contributed by atoms with Crippen molar-refractivity contribution in [2.24, 2.45) is 0 Å². The van der Waals surface area contributed by atoms with Gasteiger partial charge in [-0.15, -0.1) is 0 Å². The van der Waals surface area contributed by atoms with E-state index in [1.54, 1.807) is 0 Å². The highest BCUT2D eigenvalue weighted by Crippen LogP contribution is 2.19.